The number of hydrogen-bond acceptors (Lipinski definition) is 6. The van der Waals surface area contributed by atoms with Crippen molar-refractivity contribution < 1.29 is 14.6 Å². The van der Waals surface area contributed by atoms with Crippen LogP contribution in [-0.4, -0.2) is 36.6 Å². The topological polar surface area (TPSA) is 110 Å². The van der Waals surface area contributed by atoms with E-state index in [2.05, 4.69) is 21.3 Å². The number of fused-ring (bicyclic) bond motifs is 1. The van der Waals surface area contributed by atoms with Gasteiger partial charge in [0.25, 0.3) is 0 Å². The van der Waals surface area contributed by atoms with E-state index >= 15 is 0 Å². The molecule has 0 spiro atoms. The summed E-state index contributed by atoms with van der Waals surface area (Å²) < 4.78 is 12.4. The Morgan fingerprint density at radius 3 is 2.61 bits per heavy atom. The zero-order valence-corrected chi connectivity index (χ0v) is 20.6. The number of carboxylic acid groups (broad SMARTS) is 1. The fourth-order valence-corrected chi connectivity index (χ4v) is 4.78. The molecule has 2 aromatic heterocycles. The van der Waals surface area contributed by atoms with Gasteiger partial charge in [0.1, 0.15) is 11.6 Å². The van der Waals surface area contributed by atoms with E-state index in [1.54, 1.807) is 12.1 Å². The van der Waals surface area contributed by atoms with Gasteiger partial charge in [0.2, 0.25) is 0 Å². The molecule has 2 heterocycles. The van der Waals surface area contributed by atoms with E-state index in [1.807, 2.05) is 60.0 Å². The molecule has 9 heteroatoms. The summed E-state index contributed by atoms with van der Waals surface area (Å²) in [7, 11) is 0. The van der Waals surface area contributed by atoms with Crippen molar-refractivity contribution >= 4 is 28.5 Å². The first kappa shape index (κ1) is 23.5. The number of H-pyrrole nitrogens is 1. The molecule has 0 aliphatic rings. The van der Waals surface area contributed by atoms with Gasteiger partial charge in [-0.2, -0.15) is 4.37 Å². The van der Waals surface area contributed by atoms with Gasteiger partial charge in [0.15, 0.2) is 5.82 Å². The molecule has 182 valence electrons. The normalized spacial score (nSPS) is 11.2. The van der Waals surface area contributed by atoms with Gasteiger partial charge in [-0.3, -0.25) is 14.3 Å². The van der Waals surface area contributed by atoms with Crippen molar-refractivity contribution in [2.75, 3.05) is 6.61 Å². The number of carboxylic acids is 1. The monoisotopic (exact) mass is 500 g/mol. The molecule has 0 atom stereocenters. The van der Waals surface area contributed by atoms with Crippen LogP contribution in [0.2, 0.25) is 0 Å². The van der Waals surface area contributed by atoms with Gasteiger partial charge in [0.05, 0.1) is 28.9 Å². The first-order valence-corrected chi connectivity index (χ1v) is 12.4. The second kappa shape index (κ2) is 9.79. The number of unbranched alkanes of at least 4 members (excludes halogenated alkanes) is 1. The number of hydrogen-bond donors (Lipinski definition) is 2. The number of ether oxygens (including phenoxy) is 1. The maximum absolute atomic E-state index is 12.0. The highest BCUT2D eigenvalue weighted by atomic mass is 32.1. The van der Waals surface area contributed by atoms with Crippen LogP contribution < -0.4 is 9.61 Å². The molecule has 5 aromatic rings. The van der Waals surface area contributed by atoms with E-state index in [-0.39, 0.29) is 10.4 Å². The summed E-state index contributed by atoms with van der Waals surface area (Å²) in [6.45, 7) is 4.49. The maximum atomic E-state index is 12.0. The quantitative estimate of drug-likeness (QED) is 0.265. The Morgan fingerprint density at radius 2 is 1.89 bits per heavy atom. The van der Waals surface area contributed by atoms with Crippen LogP contribution in [0.25, 0.3) is 39.2 Å². The minimum Gasteiger partial charge on any atom is -0.493 e. The number of benzene rings is 3. The zero-order valence-electron chi connectivity index (χ0n) is 19.8. The number of rotatable bonds is 8. The van der Waals surface area contributed by atoms with E-state index in [1.165, 1.54) is 0 Å². The van der Waals surface area contributed by atoms with Crippen LogP contribution in [0.1, 0.15) is 35.9 Å². The van der Waals surface area contributed by atoms with Gasteiger partial charge in [-0.15, -0.1) is 0 Å². The molecule has 3 aromatic carbocycles. The number of aryl methyl sites for hydroxylation is 1. The van der Waals surface area contributed by atoms with Crippen LogP contribution >= 0.6 is 11.5 Å². The van der Waals surface area contributed by atoms with Gasteiger partial charge in [-0.1, -0.05) is 43.7 Å². The molecule has 0 fully saturated rings. The summed E-state index contributed by atoms with van der Waals surface area (Å²) in [5, 5.41) is 9.80. The summed E-state index contributed by atoms with van der Waals surface area (Å²) in [5.41, 5.74) is 4.59. The number of nitrogens with one attached hydrogen (secondary N) is 1. The molecule has 0 bridgehead atoms. The smallest absolute Gasteiger partial charge is 0.337 e. The maximum Gasteiger partial charge on any atom is 0.337 e. The third-order valence-electron chi connectivity index (χ3n) is 5.97. The second-order valence-electron chi connectivity index (χ2n) is 8.34. The lowest BCUT2D eigenvalue weighted by molar-refractivity contribution is 0.0698. The van der Waals surface area contributed by atoms with Gasteiger partial charge in [-0.25, -0.2) is 9.78 Å². The number of carbonyl (C=O) groups is 1. The molecule has 0 aliphatic heterocycles. The number of nitrogens with zero attached hydrogens (tertiary/aromatic N) is 3. The highest BCUT2D eigenvalue weighted by Crippen LogP contribution is 2.38. The summed E-state index contributed by atoms with van der Waals surface area (Å²) in [5.74, 6) is 0.821. The predicted octanol–water partition coefficient (Wildman–Crippen LogP) is 5.69. The van der Waals surface area contributed by atoms with E-state index in [9.17, 15) is 14.7 Å². The molecule has 0 saturated heterocycles. The lowest BCUT2D eigenvalue weighted by Crippen LogP contribution is -2.05. The van der Waals surface area contributed by atoms with Crippen molar-refractivity contribution in [3.05, 3.63) is 81.7 Å². The zero-order chi connectivity index (χ0) is 25.2. The molecule has 36 heavy (non-hydrogen) atoms. The molecule has 5 rings (SSSR count). The number of aromatic amines is 1. The first-order chi connectivity index (χ1) is 17.5. The van der Waals surface area contributed by atoms with Gasteiger partial charge in [-0.05, 0) is 43.2 Å². The Morgan fingerprint density at radius 1 is 1.08 bits per heavy atom. The number of aromatic carboxylic acids is 1. The van der Waals surface area contributed by atoms with Crippen molar-refractivity contribution in [3.63, 3.8) is 0 Å². The van der Waals surface area contributed by atoms with Crippen LogP contribution in [-0.2, 0) is 0 Å². The molecule has 2 N–H and O–H groups in total. The van der Waals surface area contributed by atoms with Gasteiger partial charge < -0.3 is 9.84 Å². The largest absolute Gasteiger partial charge is 0.493 e. The summed E-state index contributed by atoms with van der Waals surface area (Å²) in [4.78, 5) is 30.9. The highest BCUT2D eigenvalue weighted by molar-refractivity contribution is 7.03. The standard InChI is InChI=1S/C27H24N4O4S/c1-3-4-14-35-23-15-17(31-16(2)28-22-11-7-10-21(24(22)31)26(32)33)12-13-19(23)18-8-5-6-9-20(18)25-29-27(34)36-30-25/h5-13,15H,3-4,14H2,1-2H3,(H,32,33)(H,29,30,34). The fourth-order valence-electron chi connectivity index (χ4n) is 4.32. The molecule has 0 saturated carbocycles. The average Bonchev–Trinajstić information content (AvgIpc) is 3.46. The van der Waals surface area contributed by atoms with Crippen molar-refractivity contribution in [2.45, 2.75) is 26.7 Å². The predicted molar refractivity (Wildman–Crippen MR) is 140 cm³/mol. The Bertz CT molecular complexity index is 1630. The minimum atomic E-state index is -1.01. The van der Waals surface area contributed by atoms with Crippen molar-refractivity contribution in [1.82, 2.24) is 18.9 Å². The number of imidazole rings is 1. The first-order valence-electron chi connectivity index (χ1n) is 11.6. The molecule has 0 aliphatic carbocycles. The summed E-state index contributed by atoms with van der Waals surface area (Å²) in [6, 6.07) is 18.6. The summed E-state index contributed by atoms with van der Waals surface area (Å²) in [6.07, 6.45) is 1.87. The Hall–Kier alpha value is -4.24. The lowest BCUT2D eigenvalue weighted by atomic mass is 9.98. The van der Waals surface area contributed by atoms with Crippen LogP contribution in [0.5, 0.6) is 5.75 Å². The Balaban J connectivity index is 1.70. The molecule has 0 unspecified atom stereocenters. The number of aromatic nitrogens is 4. The minimum absolute atomic E-state index is 0.184. The molecular weight excluding hydrogens is 476 g/mol. The second-order valence-corrected chi connectivity index (χ2v) is 9.08. The molecule has 0 radical (unpaired) electrons. The molecule has 0 amide bonds. The summed E-state index contributed by atoms with van der Waals surface area (Å²) >= 11 is 0.881. The van der Waals surface area contributed by atoms with Crippen molar-refractivity contribution in [1.29, 1.82) is 0 Å². The highest BCUT2D eigenvalue weighted by Gasteiger charge is 2.20. The van der Waals surface area contributed by atoms with Crippen LogP contribution in [0.15, 0.2) is 65.5 Å². The average molecular weight is 501 g/mol. The van der Waals surface area contributed by atoms with E-state index in [4.69, 9.17) is 4.74 Å². The Kier molecular flexibility index (Phi) is 6.39. The van der Waals surface area contributed by atoms with Gasteiger partial charge >= 0.3 is 10.8 Å². The van der Waals surface area contributed by atoms with Crippen LogP contribution in [0.4, 0.5) is 0 Å². The van der Waals surface area contributed by atoms with E-state index in [0.717, 1.165) is 46.8 Å². The van der Waals surface area contributed by atoms with E-state index in [0.29, 0.717) is 35.0 Å². The molecular formula is C27H24N4O4S. The fraction of sp³-hybridized carbons (Fsp3) is 0.185. The number of para-hydroxylation sites is 1. The van der Waals surface area contributed by atoms with Crippen molar-refractivity contribution in [2.24, 2.45) is 0 Å². The third-order valence-corrected chi connectivity index (χ3v) is 6.51. The Labute approximate surface area is 211 Å². The van der Waals surface area contributed by atoms with Gasteiger partial charge in [0, 0.05) is 28.7 Å². The van der Waals surface area contributed by atoms with Crippen LogP contribution in [0.3, 0.4) is 0 Å². The van der Waals surface area contributed by atoms with E-state index < -0.39 is 5.97 Å². The van der Waals surface area contributed by atoms with Crippen molar-refractivity contribution in [3.8, 4) is 34.0 Å². The third kappa shape index (κ3) is 4.29. The SMILES string of the molecule is CCCCOc1cc(-n2c(C)nc3cccc(C(=O)O)c32)ccc1-c1ccccc1-c1nsc(=O)[nH]1. The molecule has 8 nitrogen and oxygen atoms in total. The van der Waals surface area contributed by atoms with Crippen LogP contribution in [0, 0.1) is 6.92 Å². The lowest BCUT2D eigenvalue weighted by Gasteiger charge is -2.17.